The number of ether oxygens (including phenoxy) is 2. The molecule has 8 heteroatoms. The molecule has 1 aliphatic rings. The molecule has 3 aromatic carbocycles. The molecule has 0 atom stereocenters. The monoisotopic (exact) mass is 480 g/mol. The highest BCUT2D eigenvalue weighted by atomic mass is 79.9. The Balaban J connectivity index is 1.46. The first-order valence-corrected chi connectivity index (χ1v) is 10.2. The van der Waals surface area contributed by atoms with E-state index in [-0.39, 0.29) is 11.5 Å². The summed E-state index contributed by atoms with van der Waals surface area (Å²) >= 11 is 3.37. The lowest BCUT2D eigenvalue weighted by Gasteiger charge is -2.12. The van der Waals surface area contributed by atoms with Crippen molar-refractivity contribution in [2.75, 3.05) is 11.9 Å². The Morgan fingerprint density at radius 2 is 1.65 bits per heavy atom. The molecule has 0 unspecified atom stereocenters. The fraction of sp³-hybridized carbons (Fsp3) is 0.0870. The lowest BCUT2D eigenvalue weighted by molar-refractivity contribution is 0.0878. The maximum Gasteiger partial charge on any atom is 0.259 e. The number of rotatable bonds is 6. The van der Waals surface area contributed by atoms with Crippen molar-refractivity contribution in [3.63, 3.8) is 0 Å². The van der Waals surface area contributed by atoms with Gasteiger partial charge in [-0.1, -0.05) is 15.9 Å². The minimum atomic E-state index is -0.442. The van der Waals surface area contributed by atoms with Crippen LogP contribution in [0.2, 0.25) is 0 Å². The summed E-state index contributed by atoms with van der Waals surface area (Å²) in [6.07, 6.45) is 0. The zero-order valence-corrected chi connectivity index (χ0v) is 18.0. The third-order valence-corrected chi connectivity index (χ3v) is 5.03. The summed E-state index contributed by atoms with van der Waals surface area (Å²) in [5.41, 5.74) is 1.61. The van der Waals surface area contributed by atoms with E-state index in [9.17, 15) is 14.4 Å². The third-order valence-electron chi connectivity index (χ3n) is 4.54. The first-order valence-electron chi connectivity index (χ1n) is 9.46. The second-order valence-electron chi connectivity index (χ2n) is 6.64. The van der Waals surface area contributed by atoms with Crippen LogP contribution in [0.25, 0.3) is 0 Å². The molecule has 1 heterocycles. The molecule has 1 aliphatic heterocycles. The molecule has 0 bridgehead atoms. The van der Waals surface area contributed by atoms with Gasteiger partial charge in [-0.2, -0.15) is 0 Å². The molecule has 0 aromatic heterocycles. The number of carbonyl (C=O) groups excluding carboxylic acids is 3. The van der Waals surface area contributed by atoms with Crippen molar-refractivity contribution in [2.24, 2.45) is 0 Å². The van der Waals surface area contributed by atoms with Gasteiger partial charge in [-0.3, -0.25) is 19.7 Å². The molecule has 4 rings (SSSR count). The minimum absolute atomic E-state index is 0.283. The molecular weight excluding hydrogens is 464 g/mol. The lowest BCUT2D eigenvalue weighted by atomic mass is 10.1. The van der Waals surface area contributed by atoms with Gasteiger partial charge in [0.25, 0.3) is 17.7 Å². The second-order valence-corrected chi connectivity index (χ2v) is 7.56. The van der Waals surface area contributed by atoms with E-state index in [1.807, 2.05) is 13.0 Å². The highest BCUT2D eigenvalue weighted by Gasteiger charge is 2.27. The second kappa shape index (κ2) is 8.61. The quantitative estimate of drug-likeness (QED) is 0.495. The first kappa shape index (κ1) is 20.6. The van der Waals surface area contributed by atoms with Crippen molar-refractivity contribution in [3.8, 4) is 17.2 Å². The zero-order chi connectivity index (χ0) is 22.0. The highest BCUT2D eigenvalue weighted by molar-refractivity contribution is 9.10. The van der Waals surface area contributed by atoms with Crippen molar-refractivity contribution in [3.05, 3.63) is 81.8 Å². The lowest BCUT2D eigenvalue weighted by Crippen LogP contribution is -2.19. The van der Waals surface area contributed by atoms with E-state index in [1.165, 1.54) is 6.07 Å². The average molecular weight is 481 g/mol. The SMILES string of the molecule is CCOc1ccc(Br)cc1C(=O)Nc1ccc(Oc2ccc3c(c2)C(=O)NC3=O)cc1. The van der Waals surface area contributed by atoms with Crippen LogP contribution in [0, 0.1) is 0 Å². The van der Waals surface area contributed by atoms with E-state index in [0.29, 0.717) is 40.7 Å². The Kier molecular flexibility index (Phi) is 5.73. The minimum Gasteiger partial charge on any atom is -0.493 e. The summed E-state index contributed by atoms with van der Waals surface area (Å²) in [6.45, 7) is 2.31. The molecule has 156 valence electrons. The molecule has 3 aromatic rings. The number of nitrogens with one attached hydrogen (secondary N) is 2. The summed E-state index contributed by atoms with van der Waals surface area (Å²) in [7, 11) is 0. The molecule has 2 N–H and O–H groups in total. The van der Waals surface area contributed by atoms with E-state index in [1.54, 1.807) is 48.5 Å². The predicted octanol–water partition coefficient (Wildman–Crippen LogP) is 4.78. The maximum absolute atomic E-state index is 12.7. The van der Waals surface area contributed by atoms with Crippen LogP contribution in [0.15, 0.2) is 65.1 Å². The molecule has 7 nitrogen and oxygen atoms in total. The molecule has 0 fully saturated rings. The van der Waals surface area contributed by atoms with Gasteiger partial charge in [0.2, 0.25) is 0 Å². The van der Waals surface area contributed by atoms with E-state index in [2.05, 4.69) is 26.6 Å². The number of fused-ring (bicyclic) bond motifs is 1. The largest absolute Gasteiger partial charge is 0.493 e. The van der Waals surface area contributed by atoms with Crippen molar-refractivity contribution >= 4 is 39.3 Å². The Bertz CT molecular complexity index is 1190. The summed E-state index contributed by atoms with van der Waals surface area (Å²) < 4.78 is 12.1. The van der Waals surface area contributed by atoms with Crippen LogP contribution in [-0.2, 0) is 0 Å². The third kappa shape index (κ3) is 4.44. The van der Waals surface area contributed by atoms with Gasteiger partial charge in [0.05, 0.1) is 23.3 Å². The molecule has 31 heavy (non-hydrogen) atoms. The number of hydrogen-bond acceptors (Lipinski definition) is 5. The number of imide groups is 1. The van der Waals surface area contributed by atoms with Gasteiger partial charge in [-0.05, 0) is 67.6 Å². The van der Waals surface area contributed by atoms with E-state index in [4.69, 9.17) is 9.47 Å². The Labute approximate surface area is 186 Å². The smallest absolute Gasteiger partial charge is 0.259 e. The van der Waals surface area contributed by atoms with E-state index < -0.39 is 11.8 Å². The van der Waals surface area contributed by atoms with Gasteiger partial charge >= 0.3 is 0 Å². The van der Waals surface area contributed by atoms with Crippen LogP contribution in [0.4, 0.5) is 5.69 Å². The molecule has 0 saturated heterocycles. The van der Waals surface area contributed by atoms with Crippen LogP contribution < -0.4 is 20.1 Å². The van der Waals surface area contributed by atoms with Crippen LogP contribution in [0.3, 0.4) is 0 Å². The number of benzene rings is 3. The number of anilines is 1. The summed E-state index contributed by atoms with van der Waals surface area (Å²) in [4.78, 5) is 36.1. The Morgan fingerprint density at radius 3 is 2.39 bits per heavy atom. The molecular formula is C23H17BrN2O5. The summed E-state index contributed by atoms with van der Waals surface area (Å²) in [5, 5.41) is 5.08. The van der Waals surface area contributed by atoms with Gasteiger partial charge in [0, 0.05) is 10.2 Å². The van der Waals surface area contributed by atoms with E-state index >= 15 is 0 Å². The highest BCUT2D eigenvalue weighted by Crippen LogP contribution is 2.28. The number of amides is 3. The van der Waals surface area contributed by atoms with Crippen LogP contribution in [0.5, 0.6) is 17.2 Å². The summed E-state index contributed by atoms with van der Waals surface area (Å²) in [6, 6.07) is 16.7. The topological polar surface area (TPSA) is 93.7 Å². The molecule has 0 aliphatic carbocycles. The fourth-order valence-corrected chi connectivity index (χ4v) is 3.47. The first-order chi connectivity index (χ1) is 14.9. The summed E-state index contributed by atoms with van der Waals surface area (Å²) in [5.74, 6) is 0.290. The van der Waals surface area contributed by atoms with Crippen molar-refractivity contribution < 1.29 is 23.9 Å². The number of carbonyl (C=O) groups is 3. The van der Waals surface area contributed by atoms with Gasteiger partial charge in [-0.25, -0.2) is 0 Å². The number of halogens is 1. The molecule has 0 saturated carbocycles. The fourth-order valence-electron chi connectivity index (χ4n) is 3.11. The van der Waals surface area contributed by atoms with Crippen LogP contribution in [-0.4, -0.2) is 24.3 Å². The Morgan fingerprint density at radius 1 is 0.935 bits per heavy atom. The Hall–Kier alpha value is -3.65. The zero-order valence-electron chi connectivity index (χ0n) is 16.4. The van der Waals surface area contributed by atoms with Crippen molar-refractivity contribution in [1.82, 2.24) is 5.32 Å². The van der Waals surface area contributed by atoms with Crippen LogP contribution >= 0.6 is 15.9 Å². The van der Waals surface area contributed by atoms with Gasteiger partial charge in [0.15, 0.2) is 0 Å². The van der Waals surface area contributed by atoms with E-state index in [0.717, 1.165) is 4.47 Å². The normalized spacial score (nSPS) is 12.2. The van der Waals surface area contributed by atoms with Gasteiger partial charge < -0.3 is 14.8 Å². The van der Waals surface area contributed by atoms with Gasteiger partial charge in [-0.15, -0.1) is 0 Å². The van der Waals surface area contributed by atoms with Crippen LogP contribution in [0.1, 0.15) is 38.0 Å². The molecule has 0 spiro atoms. The molecule has 3 amide bonds. The standard InChI is InChI=1S/C23H17BrN2O5/c1-2-30-20-10-3-13(24)11-19(20)23(29)25-14-4-6-15(7-5-14)31-16-8-9-17-18(12-16)22(28)26-21(17)27/h3-12H,2H2,1H3,(H,25,29)(H,26,27,28). The van der Waals surface area contributed by atoms with Crippen molar-refractivity contribution in [2.45, 2.75) is 6.92 Å². The maximum atomic E-state index is 12.7. The number of hydrogen-bond donors (Lipinski definition) is 2. The van der Waals surface area contributed by atoms with Crippen molar-refractivity contribution in [1.29, 1.82) is 0 Å². The van der Waals surface area contributed by atoms with Gasteiger partial charge in [0.1, 0.15) is 17.2 Å². The predicted molar refractivity (Wildman–Crippen MR) is 118 cm³/mol. The molecule has 0 radical (unpaired) electrons. The average Bonchev–Trinajstić information content (AvgIpc) is 3.04.